The van der Waals surface area contributed by atoms with Crippen molar-refractivity contribution >= 4 is 38.9 Å². The van der Waals surface area contributed by atoms with Crippen molar-refractivity contribution in [3.63, 3.8) is 0 Å². The summed E-state index contributed by atoms with van der Waals surface area (Å²) in [5.41, 5.74) is 0.949. The van der Waals surface area contributed by atoms with Gasteiger partial charge in [0, 0.05) is 7.05 Å². The van der Waals surface area contributed by atoms with Crippen LogP contribution in [0.1, 0.15) is 6.92 Å². The third-order valence-corrected chi connectivity index (χ3v) is 6.14. The molecule has 9 heteroatoms. The minimum atomic E-state index is -3.93. The summed E-state index contributed by atoms with van der Waals surface area (Å²) in [6.45, 7) is 1.48. The van der Waals surface area contributed by atoms with E-state index in [4.69, 9.17) is 4.74 Å². The summed E-state index contributed by atoms with van der Waals surface area (Å²) >= 11 is 0. The maximum Gasteiger partial charge on any atom is 0.264 e. The number of methoxy groups -OCH3 is 1. The number of amides is 2. The Morgan fingerprint density at radius 3 is 2.30 bits per heavy atom. The molecule has 2 aromatic carbocycles. The van der Waals surface area contributed by atoms with Gasteiger partial charge in [-0.3, -0.25) is 13.9 Å². The van der Waals surface area contributed by atoms with E-state index in [0.29, 0.717) is 17.1 Å². The summed E-state index contributed by atoms with van der Waals surface area (Å²) in [5, 5.41) is 5.20. The summed E-state index contributed by atoms with van der Waals surface area (Å²) in [4.78, 5) is 23.9. The second-order valence-corrected chi connectivity index (χ2v) is 8.02. The minimum absolute atomic E-state index is 0.0289. The Morgan fingerprint density at radius 1 is 1.00 bits per heavy atom. The molecule has 27 heavy (non-hydrogen) atoms. The van der Waals surface area contributed by atoms with Crippen LogP contribution >= 0.6 is 0 Å². The summed E-state index contributed by atoms with van der Waals surface area (Å²) in [6, 6.07) is 10.9. The van der Waals surface area contributed by atoms with Gasteiger partial charge < -0.3 is 15.4 Å². The van der Waals surface area contributed by atoms with Crippen LogP contribution in [0.5, 0.6) is 5.75 Å². The molecule has 0 aliphatic carbocycles. The van der Waals surface area contributed by atoms with Crippen molar-refractivity contribution in [1.82, 2.24) is 0 Å². The van der Waals surface area contributed by atoms with Gasteiger partial charge in [-0.2, -0.15) is 0 Å². The summed E-state index contributed by atoms with van der Waals surface area (Å²) in [7, 11) is -1.05. The lowest BCUT2D eigenvalue weighted by Gasteiger charge is -2.22. The Hall–Kier alpha value is -3.07. The average Bonchev–Trinajstić information content (AvgIpc) is 2.77. The molecule has 2 amide bonds. The van der Waals surface area contributed by atoms with E-state index in [1.165, 1.54) is 39.3 Å². The van der Waals surface area contributed by atoms with Crippen LogP contribution in [0.25, 0.3) is 0 Å². The standard InChI is InChI=1S/C18H19N3O5S/c1-11-17(22)19-13-9-8-12(10-14(13)20-18(11)23)27(24,25)21(2)15-6-4-5-7-16(15)26-3/h4-11H,1-3H3,(H,19,22)(H,20,23)/t11-/m1/s1. The van der Waals surface area contributed by atoms with Crippen molar-refractivity contribution < 1.29 is 22.7 Å². The normalized spacial score (nSPS) is 16.6. The topological polar surface area (TPSA) is 105 Å². The van der Waals surface area contributed by atoms with Crippen molar-refractivity contribution in [3.8, 4) is 5.75 Å². The molecule has 0 radical (unpaired) electrons. The number of hydrogen-bond acceptors (Lipinski definition) is 5. The van der Waals surface area contributed by atoms with E-state index >= 15 is 0 Å². The van der Waals surface area contributed by atoms with Crippen LogP contribution in [0.3, 0.4) is 0 Å². The van der Waals surface area contributed by atoms with Crippen LogP contribution in [0.4, 0.5) is 17.1 Å². The predicted molar refractivity (Wildman–Crippen MR) is 101 cm³/mol. The first-order chi connectivity index (χ1) is 12.8. The first-order valence-corrected chi connectivity index (χ1v) is 9.57. The fraction of sp³-hybridized carbons (Fsp3) is 0.222. The highest BCUT2D eigenvalue weighted by atomic mass is 32.2. The Kier molecular flexibility index (Phi) is 4.79. The highest BCUT2D eigenvalue weighted by Crippen LogP contribution is 2.34. The molecule has 0 unspecified atom stereocenters. The lowest BCUT2D eigenvalue weighted by molar-refractivity contribution is -0.128. The molecular formula is C18H19N3O5S. The zero-order valence-electron chi connectivity index (χ0n) is 15.0. The van der Waals surface area contributed by atoms with Crippen molar-refractivity contribution in [1.29, 1.82) is 0 Å². The molecule has 8 nitrogen and oxygen atoms in total. The van der Waals surface area contributed by atoms with Crippen LogP contribution in [-0.4, -0.2) is 34.4 Å². The average molecular weight is 389 g/mol. The third kappa shape index (κ3) is 3.33. The van der Waals surface area contributed by atoms with E-state index in [-0.39, 0.29) is 10.6 Å². The Bertz CT molecular complexity index is 1020. The van der Waals surface area contributed by atoms with Gasteiger partial charge in [0.15, 0.2) is 0 Å². The van der Waals surface area contributed by atoms with Gasteiger partial charge in [-0.05, 0) is 37.3 Å². The SMILES string of the molecule is COc1ccccc1N(C)S(=O)(=O)c1ccc2c(c1)NC(=O)[C@H](C)C(=O)N2. The van der Waals surface area contributed by atoms with Crippen LogP contribution in [0.2, 0.25) is 0 Å². The zero-order valence-corrected chi connectivity index (χ0v) is 15.8. The van der Waals surface area contributed by atoms with Gasteiger partial charge in [0.2, 0.25) is 11.8 Å². The number of nitrogens with one attached hydrogen (secondary N) is 2. The molecule has 0 aromatic heterocycles. The van der Waals surface area contributed by atoms with Gasteiger partial charge in [-0.15, -0.1) is 0 Å². The van der Waals surface area contributed by atoms with E-state index in [9.17, 15) is 18.0 Å². The molecule has 2 N–H and O–H groups in total. The second-order valence-electron chi connectivity index (χ2n) is 6.05. The van der Waals surface area contributed by atoms with Crippen molar-refractivity contribution in [2.24, 2.45) is 5.92 Å². The number of hydrogen-bond donors (Lipinski definition) is 2. The number of carbonyl (C=O) groups is 2. The predicted octanol–water partition coefficient (Wildman–Crippen LogP) is 2.05. The fourth-order valence-corrected chi connectivity index (χ4v) is 3.91. The number of sulfonamides is 1. The zero-order chi connectivity index (χ0) is 19.8. The number of benzene rings is 2. The molecule has 1 heterocycles. The molecule has 2 aromatic rings. The van der Waals surface area contributed by atoms with Gasteiger partial charge in [0.05, 0.1) is 29.1 Å². The smallest absolute Gasteiger partial charge is 0.264 e. The van der Waals surface area contributed by atoms with Crippen molar-refractivity contribution in [2.45, 2.75) is 11.8 Å². The molecule has 0 saturated carbocycles. The summed E-state index contributed by atoms with van der Waals surface area (Å²) < 4.78 is 32.4. The first-order valence-electron chi connectivity index (χ1n) is 8.13. The number of rotatable bonds is 4. The lowest BCUT2D eigenvalue weighted by Crippen LogP contribution is -2.28. The molecule has 1 aliphatic heterocycles. The van der Waals surface area contributed by atoms with Crippen molar-refractivity contribution in [3.05, 3.63) is 42.5 Å². The first kappa shape index (κ1) is 18.7. The summed E-state index contributed by atoms with van der Waals surface area (Å²) in [6.07, 6.45) is 0. The van der Waals surface area contributed by atoms with Crippen molar-refractivity contribution in [2.75, 3.05) is 29.1 Å². The Morgan fingerprint density at radius 2 is 1.63 bits per heavy atom. The van der Waals surface area contributed by atoms with E-state index < -0.39 is 27.8 Å². The largest absolute Gasteiger partial charge is 0.495 e. The number of fused-ring (bicyclic) bond motifs is 1. The van der Waals surface area contributed by atoms with Gasteiger partial charge in [-0.1, -0.05) is 12.1 Å². The summed E-state index contributed by atoms with van der Waals surface area (Å²) in [5.74, 6) is -1.42. The van der Waals surface area contributed by atoms with Crippen LogP contribution in [0.15, 0.2) is 47.4 Å². The molecule has 142 valence electrons. The molecular weight excluding hydrogens is 370 g/mol. The third-order valence-electron chi connectivity index (χ3n) is 4.38. The monoisotopic (exact) mass is 389 g/mol. The van der Waals surface area contributed by atoms with E-state index in [0.717, 1.165) is 4.31 Å². The van der Waals surface area contributed by atoms with Crippen LogP contribution < -0.4 is 19.7 Å². The second kappa shape index (κ2) is 6.92. The lowest BCUT2D eigenvalue weighted by atomic mass is 10.1. The molecule has 0 bridgehead atoms. The maximum atomic E-state index is 13.1. The molecule has 1 atom stereocenters. The number of ether oxygens (including phenoxy) is 1. The minimum Gasteiger partial charge on any atom is -0.495 e. The molecule has 3 rings (SSSR count). The molecule has 0 spiro atoms. The number of carbonyl (C=O) groups excluding carboxylic acids is 2. The number of nitrogens with zero attached hydrogens (tertiary/aromatic N) is 1. The fourth-order valence-electron chi connectivity index (χ4n) is 2.67. The quantitative estimate of drug-likeness (QED) is 0.779. The highest BCUT2D eigenvalue weighted by molar-refractivity contribution is 7.92. The molecule has 0 saturated heterocycles. The Labute approximate surface area is 157 Å². The number of para-hydroxylation sites is 2. The van der Waals surface area contributed by atoms with E-state index in [2.05, 4.69) is 10.6 Å². The van der Waals surface area contributed by atoms with Gasteiger partial charge in [0.25, 0.3) is 10.0 Å². The van der Waals surface area contributed by atoms with Gasteiger partial charge in [0.1, 0.15) is 11.7 Å². The van der Waals surface area contributed by atoms with E-state index in [1.807, 2.05) is 0 Å². The van der Waals surface area contributed by atoms with Gasteiger partial charge in [-0.25, -0.2) is 8.42 Å². The van der Waals surface area contributed by atoms with Crippen LogP contribution in [0, 0.1) is 5.92 Å². The highest BCUT2D eigenvalue weighted by Gasteiger charge is 2.29. The van der Waals surface area contributed by atoms with Gasteiger partial charge >= 0.3 is 0 Å². The molecule has 1 aliphatic rings. The Balaban J connectivity index is 2.03. The molecule has 0 fully saturated rings. The maximum absolute atomic E-state index is 13.1. The van der Waals surface area contributed by atoms with Crippen LogP contribution in [-0.2, 0) is 19.6 Å². The van der Waals surface area contributed by atoms with E-state index in [1.54, 1.807) is 24.3 Å². The number of anilines is 3.